The summed E-state index contributed by atoms with van der Waals surface area (Å²) in [4.78, 5) is 19.1. The Bertz CT molecular complexity index is 463. The highest BCUT2D eigenvalue weighted by Crippen LogP contribution is 2.32. The van der Waals surface area contributed by atoms with E-state index in [2.05, 4.69) is 15.3 Å². The van der Waals surface area contributed by atoms with Gasteiger partial charge in [-0.1, -0.05) is 27.7 Å². The highest BCUT2D eigenvalue weighted by molar-refractivity contribution is 5.61. The lowest BCUT2D eigenvalue weighted by Gasteiger charge is -2.12. The average molecular weight is 282 g/mol. The van der Waals surface area contributed by atoms with Crippen molar-refractivity contribution in [3.8, 4) is 5.88 Å². The molecule has 0 fully saturated rings. The van der Waals surface area contributed by atoms with Crippen LogP contribution in [0.3, 0.4) is 0 Å². The van der Waals surface area contributed by atoms with E-state index in [9.17, 15) is 10.1 Å². The van der Waals surface area contributed by atoms with Crippen LogP contribution in [0.1, 0.15) is 39.9 Å². The van der Waals surface area contributed by atoms with Crippen LogP contribution in [0.2, 0.25) is 0 Å². The zero-order chi connectivity index (χ0) is 15.1. The molecule has 0 radical (unpaired) electrons. The Labute approximate surface area is 118 Å². The first kappa shape index (κ1) is 16.1. The summed E-state index contributed by atoms with van der Waals surface area (Å²) in [5.74, 6) is 1.18. The van der Waals surface area contributed by atoms with Crippen LogP contribution in [-0.4, -0.2) is 28.0 Å². The number of rotatable bonds is 8. The van der Waals surface area contributed by atoms with Gasteiger partial charge >= 0.3 is 5.69 Å². The molecular weight excluding hydrogens is 260 g/mol. The molecule has 0 aromatic carbocycles. The number of nitro groups is 1. The summed E-state index contributed by atoms with van der Waals surface area (Å²) in [6.45, 7) is 8.88. The van der Waals surface area contributed by atoms with Gasteiger partial charge in [0.25, 0.3) is 5.88 Å². The van der Waals surface area contributed by atoms with E-state index in [1.807, 2.05) is 27.7 Å². The Morgan fingerprint density at radius 3 is 2.55 bits per heavy atom. The Kier molecular flexibility index (Phi) is 6.14. The largest absolute Gasteiger partial charge is 0.473 e. The van der Waals surface area contributed by atoms with Gasteiger partial charge in [-0.25, -0.2) is 4.98 Å². The van der Waals surface area contributed by atoms with Crippen LogP contribution in [0.25, 0.3) is 0 Å². The molecule has 1 heterocycles. The average Bonchev–Trinajstić information content (AvgIpc) is 2.41. The molecule has 0 aliphatic rings. The molecular formula is C13H22N4O3. The lowest BCUT2D eigenvalue weighted by molar-refractivity contribution is -0.385. The summed E-state index contributed by atoms with van der Waals surface area (Å²) in [7, 11) is 0. The van der Waals surface area contributed by atoms with E-state index >= 15 is 0 Å². The maximum absolute atomic E-state index is 11.3. The molecule has 0 amide bonds. The third-order valence-corrected chi connectivity index (χ3v) is 2.52. The number of aromatic nitrogens is 2. The van der Waals surface area contributed by atoms with Gasteiger partial charge in [-0.3, -0.25) is 10.1 Å². The van der Waals surface area contributed by atoms with Crippen LogP contribution in [-0.2, 0) is 6.42 Å². The Balaban J connectivity index is 3.19. The van der Waals surface area contributed by atoms with Crippen molar-refractivity contribution in [2.45, 2.75) is 40.5 Å². The smallest absolute Gasteiger partial charge is 0.372 e. The first-order chi connectivity index (χ1) is 9.49. The molecule has 20 heavy (non-hydrogen) atoms. The Morgan fingerprint density at radius 1 is 1.35 bits per heavy atom. The predicted octanol–water partition coefficient (Wildman–Crippen LogP) is 2.80. The maximum atomic E-state index is 11.3. The van der Waals surface area contributed by atoms with Crippen molar-refractivity contribution in [1.29, 1.82) is 0 Å². The van der Waals surface area contributed by atoms with Gasteiger partial charge in [-0.05, 0) is 12.3 Å². The number of anilines is 1. The second-order valence-electron chi connectivity index (χ2n) is 4.88. The van der Waals surface area contributed by atoms with Crippen LogP contribution < -0.4 is 10.1 Å². The van der Waals surface area contributed by atoms with E-state index in [0.29, 0.717) is 31.3 Å². The minimum absolute atomic E-state index is 0.0509. The van der Waals surface area contributed by atoms with E-state index in [4.69, 9.17) is 4.74 Å². The van der Waals surface area contributed by atoms with Gasteiger partial charge < -0.3 is 10.1 Å². The van der Waals surface area contributed by atoms with Gasteiger partial charge in [0.15, 0.2) is 0 Å². The minimum Gasteiger partial charge on any atom is -0.473 e. The van der Waals surface area contributed by atoms with Gasteiger partial charge in [0.1, 0.15) is 5.82 Å². The highest BCUT2D eigenvalue weighted by Gasteiger charge is 2.26. The number of nitrogens with one attached hydrogen (secondary N) is 1. The molecule has 0 aliphatic carbocycles. The summed E-state index contributed by atoms with van der Waals surface area (Å²) >= 11 is 0. The molecule has 0 aliphatic heterocycles. The molecule has 0 bridgehead atoms. The van der Waals surface area contributed by atoms with Crippen LogP contribution in [0.4, 0.5) is 11.5 Å². The molecule has 1 aromatic rings. The van der Waals surface area contributed by atoms with Crippen LogP contribution in [0, 0.1) is 16.0 Å². The molecule has 1 rings (SSSR count). The fourth-order valence-electron chi connectivity index (χ4n) is 1.52. The molecule has 0 saturated carbocycles. The maximum Gasteiger partial charge on any atom is 0.372 e. The molecule has 0 spiro atoms. The highest BCUT2D eigenvalue weighted by atomic mass is 16.6. The quantitative estimate of drug-likeness (QED) is 0.582. The van der Waals surface area contributed by atoms with Crippen molar-refractivity contribution in [2.75, 3.05) is 18.5 Å². The van der Waals surface area contributed by atoms with E-state index in [0.717, 1.165) is 6.42 Å². The normalized spacial score (nSPS) is 10.7. The van der Waals surface area contributed by atoms with Crippen molar-refractivity contribution in [2.24, 2.45) is 5.92 Å². The minimum atomic E-state index is -0.493. The second-order valence-corrected chi connectivity index (χ2v) is 4.88. The number of hydrogen-bond donors (Lipinski definition) is 1. The van der Waals surface area contributed by atoms with Crippen molar-refractivity contribution in [1.82, 2.24) is 9.97 Å². The van der Waals surface area contributed by atoms with Gasteiger partial charge in [0, 0.05) is 13.0 Å². The SMILES string of the molecule is CCCOc1nc(CC)nc(NCC(C)C)c1[N+](=O)[O-]. The Hall–Kier alpha value is -1.92. The molecule has 7 nitrogen and oxygen atoms in total. The molecule has 7 heteroatoms. The number of hydrogen-bond acceptors (Lipinski definition) is 6. The summed E-state index contributed by atoms with van der Waals surface area (Å²) < 4.78 is 5.40. The topological polar surface area (TPSA) is 90.2 Å². The first-order valence-corrected chi connectivity index (χ1v) is 6.91. The molecule has 112 valence electrons. The van der Waals surface area contributed by atoms with Gasteiger partial charge in [-0.15, -0.1) is 0 Å². The van der Waals surface area contributed by atoms with Crippen molar-refractivity contribution in [3.05, 3.63) is 15.9 Å². The Morgan fingerprint density at radius 2 is 2.05 bits per heavy atom. The lowest BCUT2D eigenvalue weighted by atomic mass is 10.2. The zero-order valence-electron chi connectivity index (χ0n) is 12.5. The second kappa shape index (κ2) is 7.62. The summed E-state index contributed by atoms with van der Waals surface area (Å²) in [6.07, 6.45) is 1.36. The first-order valence-electron chi connectivity index (χ1n) is 6.91. The van der Waals surface area contributed by atoms with Crippen LogP contribution in [0.5, 0.6) is 5.88 Å². The number of aryl methyl sites for hydroxylation is 1. The van der Waals surface area contributed by atoms with E-state index in [1.54, 1.807) is 0 Å². The number of ether oxygens (including phenoxy) is 1. The molecule has 0 unspecified atom stereocenters. The summed E-state index contributed by atoms with van der Waals surface area (Å²) in [5, 5.41) is 14.3. The molecule has 1 N–H and O–H groups in total. The van der Waals surface area contributed by atoms with Crippen molar-refractivity contribution < 1.29 is 9.66 Å². The van der Waals surface area contributed by atoms with Gasteiger partial charge in [0.2, 0.25) is 5.82 Å². The van der Waals surface area contributed by atoms with Crippen molar-refractivity contribution >= 4 is 11.5 Å². The lowest BCUT2D eigenvalue weighted by Crippen LogP contribution is -2.14. The third-order valence-electron chi connectivity index (χ3n) is 2.52. The molecule has 0 atom stereocenters. The van der Waals surface area contributed by atoms with E-state index < -0.39 is 4.92 Å². The van der Waals surface area contributed by atoms with E-state index in [-0.39, 0.29) is 17.4 Å². The van der Waals surface area contributed by atoms with E-state index in [1.165, 1.54) is 0 Å². The molecule has 0 saturated heterocycles. The van der Waals surface area contributed by atoms with Gasteiger partial charge in [-0.2, -0.15) is 4.98 Å². The standard InChI is InChI=1S/C13H22N4O3/c1-5-7-20-13-11(17(18)19)12(14-8-9(3)4)15-10(6-2)16-13/h9H,5-8H2,1-4H3,(H,14,15,16). The predicted molar refractivity (Wildman–Crippen MR) is 77.2 cm³/mol. The van der Waals surface area contributed by atoms with Gasteiger partial charge in [0.05, 0.1) is 11.5 Å². The fourth-order valence-corrected chi connectivity index (χ4v) is 1.52. The summed E-state index contributed by atoms with van der Waals surface area (Å²) in [6, 6.07) is 0. The monoisotopic (exact) mass is 282 g/mol. The van der Waals surface area contributed by atoms with Crippen LogP contribution >= 0.6 is 0 Å². The fraction of sp³-hybridized carbons (Fsp3) is 0.692. The molecule has 1 aromatic heterocycles. The number of nitrogens with zero attached hydrogens (tertiary/aromatic N) is 3. The summed E-state index contributed by atoms with van der Waals surface area (Å²) in [5.41, 5.74) is -0.184. The van der Waals surface area contributed by atoms with Crippen LogP contribution in [0.15, 0.2) is 0 Å². The third kappa shape index (κ3) is 4.32. The van der Waals surface area contributed by atoms with Crippen molar-refractivity contribution in [3.63, 3.8) is 0 Å². The zero-order valence-corrected chi connectivity index (χ0v) is 12.5.